The van der Waals surface area contributed by atoms with E-state index in [9.17, 15) is 4.79 Å². The monoisotopic (exact) mass is 251 g/mol. The predicted molar refractivity (Wildman–Crippen MR) is 65.4 cm³/mol. The lowest BCUT2D eigenvalue weighted by atomic mass is 10.2. The van der Waals surface area contributed by atoms with Crippen molar-refractivity contribution in [3.8, 4) is 0 Å². The second-order valence-corrected chi connectivity index (χ2v) is 3.43. The van der Waals surface area contributed by atoms with Crippen molar-refractivity contribution in [3.05, 3.63) is 21.6 Å². The molecule has 0 atom stereocenters. The highest BCUT2D eigenvalue weighted by Crippen LogP contribution is 2.05. The Hall–Kier alpha value is -0.740. The molecule has 0 aromatic carbocycles. The van der Waals surface area contributed by atoms with E-state index in [4.69, 9.17) is 11.6 Å². The van der Waals surface area contributed by atoms with E-state index >= 15 is 0 Å². The minimum atomic E-state index is -0.0255. The molecule has 0 amide bonds. The van der Waals surface area contributed by atoms with Crippen LogP contribution < -0.4 is 10.9 Å². The van der Waals surface area contributed by atoms with Gasteiger partial charge >= 0.3 is 0 Å². The molecule has 1 heterocycles. The summed E-state index contributed by atoms with van der Waals surface area (Å²) in [5, 5.41) is 2.87. The molecular weight excluding hydrogens is 237 g/mol. The van der Waals surface area contributed by atoms with Gasteiger partial charge in [-0.3, -0.25) is 9.36 Å². The van der Waals surface area contributed by atoms with Crippen LogP contribution in [0.4, 0.5) is 5.95 Å². The number of nitrogens with zero attached hydrogens (tertiary/aromatic N) is 2. The first-order chi connectivity index (χ1) is 6.61. The van der Waals surface area contributed by atoms with Crippen molar-refractivity contribution in [2.75, 3.05) is 18.2 Å². The van der Waals surface area contributed by atoms with Crippen LogP contribution in [0.1, 0.15) is 11.3 Å². The van der Waals surface area contributed by atoms with Crippen molar-refractivity contribution in [1.29, 1.82) is 0 Å². The van der Waals surface area contributed by atoms with E-state index in [2.05, 4.69) is 10.3 Å². The number of alkyl halides is 1. The van der Waals surface area contributed by atoms with Crippen molar-refractivity contribution < 1.29 is 0 Å². The topological polar surface area (TPSA) is 46.9 Å². The van der Waals surface area contributed by atoms with Gasteiger partial charge < -0.3 is 5.32 Å². The second-order valence-electron chi connectivity index (χ2n) is 3.05. The van der Waals surface area contributed by atoms with Crippen LogP contribution in [0.3, 0.4) is 0 Å². The van der Waals surface area contributed by atoms with Gasteiger partial charge in [-0.15, -0.1) is 24.0 Å². The zero-order valence-electron chi connectivity index (χ0n) is 9.00. The standard InChI is InChI=1S/C9H14ClN3O.ClH/c1-6-7(4-5-10)8(14)13(3)9(11-2)12-6;/h4-5H2,1-3H3,(H,11,12);1H. The normalized spacial score (nSPS) is 9.60. The highest BCUT2D eigenvalue weighted by Gasteiger charge is 2.09. The maximum Gasteiger partial charge on any atom is 0.258 e. The summed E-state index contributed by atoms with van der Waals surface area (Å²) >= 11 is 5.61. The van der Waals surface area contributed by atoms with Crippen LogP contribution in [0.5, 0.6) is 0 Å². The van der Waals surface area contributed by atoms with Gasteiger partial charge in [0.25, 0.3) is 5.56 Å². The van der Waals surface area contributed by atoms with Crippen LogP contribution >= 0.6 is 24.0 Å². The molecule has 4 nitrogen and oxygen atoms in total. The van der Waals surface area contributed by atoms with Crippen LogP contribution in [0.25, 0.3) is 0 Å². The summed E-state index contributed by atoms with van der Waals surface area (Å²) in [6.07, 6.45) is 0.567. The smallest absolute Gasteiger partial charge is 0.258 e. The largest absolute Gasteiger partial charge is 0.359 e. The highest BCUT2D eigenvalue weighted by molar-refractivity contribution is 6.17. The summed E-state index contributed by atoms with van der Waals surface area (Å²) in [6.45, 7) is 1.82. The zero-order valence-corrected chi connectivity index (χ0v) is 10.6. The van der Waals surface area contributed by atoms with Gasteiger partial charge in [0.2, 0.25) is 5.95 Å². The third-order valence-electron chi connectivity index (χ3n) is 2.16. The molecule has 1 N–H and O–H groups in total. The Bertz CT molecular complexity index is 390. The first-order valence-corrected chi connectivity index (χ1v) is 4.95. The van der Waals surface area contributed by atoms with E-state index in [1.807, 2.05) is 6.92 Å². The van der Waals surface area contributed by atoms with Crippen molar-refractivity contribution in [2.45, 2.75) is 13.3 Å². The molecule has 0 fully saturated rings. The van der Waals surface area contributed by atoms with Gasteiger partial charge in [0.15, 0.2) is 0 Å². The summed E-state index contributed by atoms with van der Waals surface area (Å²) in [5.74, 6) is 1.02. The van der Waals surface area contributed by atoms with Crippen LogP contribution in [-0.4, -0.2) is 22.5 Å². The van der Waals surface area contributed by atoms with Crippen molar-refractivity contribution in [1.82, 2.24) is 9.55 Å². The molecule has 0 saturated heterocycles. The Morgan fingerprint density at radius 2 is 2.13 bits per heavy atom. The summed E-state index contributed by atoms with van der Waals surface area (Å²) in [5.41, 5.74) is 1.42. The number of aryl methyl sites for hydroxylation is 1. The van der Waals surface area contributed by atoms with E-state index in [0.717, 1.165) is 5.69 Å². The predicted octanol–water partition coefficient (Wildman–Crippen LogP) is 1.33. The highest BCUT2D eigenvalue weighted by atomic mass is 35.5. The minimum absolute atomic E-state index is 0. The molecule has 6 heteroatoms. The molecule has 1 rings (SSSR count). The van der Waals surface area contributed by atoms with Crippen molar-refractivity contribution in [3.63, 3.8) is 0 Å². The molecule has 1 aromatic heterocycles. The molecule has 0 aliphatic heterocycles. The quantitative estimate of drug-likeness (QED) is 0.825. The number of nitrogens with one attached hydrogen (secondary N) is 1. The SMILES string of the molecule is CNc1nc(C)c(CCCl)c(=O)n1C.Cl. The number of aromatic nitrogens is 2. The Labute approximate surface area is 100 Å². The van der Waals surface area contributed by atoms with Crippen molar-refractivity contribution in [2.24, 2.45) is 7.05 Å². The molecule has 86 valence electrons. The first kappa shape index (κ1) is 14.3. The van der Waals surface area contributed by atoms with Crippen LogP contribution in [0.2, 0.25) is 0 Å². The molecule has 15 heavy (non-hydrogen) atoms. The van der Waals surface area contributed by atoms with Crippen LogP contribution in [0.15, 0.2) is 4.79 Å². The van der Waals surface area contributed by atoms with E-state index in [1.165, 1.54) is 4.57 Å². The zero-order chi connectivity index (χ0) is 10.7. The number of hydrogen-bond acceptors (Lipinski definition) is 3. The molecular formula is C9H15Cl2N3O. The van der Waals surface area contributed by atoms with E-state index < -0.39 is 0 Å². The molecule has 0 bridgehead atoms. The third-order valence-corrected chi connectivity index (χ3v) is 2.35. The molecule has 0 saturated carbocycles. The lowest BCUT2D eigenvalue weighted by Gasteiger charge is -2.10. The average Bonchev–Trinajstić information content (AvgIpc) is 2.18. The molecule has 0 unspecified atom stereocenters. The molecule has 1 aromatic rings. The Morgan fingerprint density at radius 1 is 1.53 bits per heavy atom. The summed E-state index contributed by atoms with van der Waals surface area (Å²) in [6, 6.07) is 0. The van der Waals surface area contributed by atoms with Crippen LogP contribution in [-0.2, 0) is 13.5 Å². The molecule has 0 aliphatic rings. The molecule has 0 spiro atoms. The molecule has 0 aliphatic carbocycles. The maximum absolute atomic E-state index is 11.8. The maximum atomic E-state index is 11.8. The average molecular weight is 252 g/mol. The lowest BCUT2D eigenvalue weighted by Crippen LogP contribution is -2.26. The van der Waals surface area contributed by atoms with E-state index in [1.54, 1.807) is 14.1 Å². The third kappa shape index (κ3) is 2.86. The fourth-order valence-corrected chi connectivity index (χ4v) is 1.55. The van der Waals surface area contributed by atoms with Gasteiger partial charge in [-0.25, -0.2) is 4.98 Å². The lowest BCUT2D eigenvalue weighted by molar-refractivity contribution is 0.796. The summed E-state index contributed by atoms with van der Waals surface area (Å²) in [7, 11) is 3.43. The number of halogens is 2. The fourth-order valence-electron chi connectivity index (χ4n) is 1.36. The van der Waals surface area contributed by atoms with Gasteiger partial charge in [-0.05, 0) is 13.3 Å². The van der Waals surface area contributed by atoms with Crippen molar-refractivity contribution >= 4 is 30.0 Å². The number of anilines is 1. The number of rotatable bonds is 3. The van der Waals surface area contributed by atoms with E-state index in [-0.39, 0.29) is 18.0 Å². The number of hydrogen-bond donors (Lipinski definition) is 1. The Balaban J connectivity index is 0.00000196. The Morgan fingerprint density at radius 3 is 2.60 bits per heavy atom. The van der Waals surface area contributed by atoms with Gasteiger partial charge in [0.05, 0.1) is 0 Å². The molecule has 0 radical (unpaired) electrons. The van der Waals surface area contributed by atoms with Gasteiger partial charge in [0.1, 0.15) is 0 Å². The second kappa shape index (κ2) is 5.98. The summed E-state index contributed by atoms with van der Waals surface area (Å²) < 4.78 is 1.49. The van der Waals surface area contributed by atoms with Gasteiger partial charge in [0, 0.05) is 31.2 Å². The van der Waals surface area contributed by atoms with Gasteiger partial charge in [-0.1, -0.05) is 0 Å². The minimum Gasteiger partial charge on any atom is -0.359 e. The van der Waals surface area contributed by atoms with Gasteiger partial charge in [-0.2, -0.15) is 0 Å². The first-order valence-electron chi connectivity index (χ1n) is 4.42. The fraction of sp³-hybridized carbons (Fsp3) is 0.556. The summed E-state index contributed by atoms with van der Waals surface area (Å²) in [4.78, 5) is 16.0. The van der Waals surface area contributed by atoms with Crippen LogP contribution in [0, 0.1) is 6.92 Å². The Kier molecular flexibility index (Phi) is 5.68. The van der Waals surface area contributed by atoms with E-state index in [0.29, 0.717) is 23.8 Å².